The van der Waals surface area contributed by atoms with E-state index in [0.717, 1.165) is 0 Å². The maximum Gasteiger partial charge on any atom is 0.311 e. The molecule has 1 aliphatic rings. The second kappa shape index (κ2) is 5.29. The molecule has 2 rings (SSSR count). The smallest absolute Gasteiger partial charge is 0.311 e. The molecule has 0 N–H and O–H groups in total. The summed E-state index contributed by atoms with van der Waals surface area (Å²) in [5.41, 5.74) is 0.867. The fraction of sp³-hybridized carbons (Fsp3) is 0.308. The van der Waals surface area contributed by atoms with Crippen LogP contribution < -0.4 is 4.90 Å². The molecule has 0 spiro atoms. The number of carbonyl (C=O) groups is 2. The lowest BCUT2D eigenvalue weighted by molar-refractivity contribution is -0.145. The molecule has 1 saturated heterocycles. The topological polar surface area (TPSA) is 70.4 Å². The van der Waals surface area contributed by atoms with Crippen LogP contribution in [0.15, 0.2) is 18.2 Å². The zero-order valence-corrected chi connectivity index (χ0v) is 11.0. The summed E-state index contributed by atoms with van der Waals surface area (Å²) in [6, 6.07) is 6.72. The zero-order chi connectivity index (χ0) is 14.0. The van der Waals surface area contributed by atoms with Crippen molar-refractivity contribution < 1.29 is 14.3 Å². The van der Waals surface area contributed by atoms with Crippen molar-refractivity contribution in [1.82, 2.24) is 0 Å². The van der Waals surface area contributed by atoms with Gasteiger partial charge in [0.2, 0.25) is 5.91 Å². The summed E-state index contributed by atoms with van der Waals surface area (Å²) in [6.45, 7) is 0.262. The maximum atomic E-state index is 11.9. The molecule has 1 aromatic rings. The molecule has 0 bridgehead atoms. The first kappa shape index (κ1) is 13.4. The summed E-state index contributed by atoms with van der Waals surface area (Å²) in [5.74, 6) is -1.02. The number of hydrogen-bond donors (Lipinski definition) is 0. The molecule has 1 aliphatic heterocycles. The number of rotatable bonds is 2. The zero-order valence-electron chi connectivity index (χ0n) is 10.2. The molecular formula is C13H11ClN2O3. The van der Waals surface area contributed by atoms with Gasteiger partial charge in [-0.15, -0.1) is 0 Å². The molecule has 1 amide bonds. The van der Waals surface area contributed by atoms with Crippen LogP contribution in [0.25, 0.3) is 0 Å². The molecule has 1 fully saturated rings. The van der Waals surface area contributed by atoms with Crippen molar-refractivity contribution in [3.05, 3.63) is 28.8 Å². The van der Waals surface area contributed by atoms with Crippen LogP contribution in [0.4, 0.5) is 5.69 Å². The number of carbonyl (C=O) groups excluding carboxylic acids is 2. The maximum absolute atomic E-state index is 11.9. The van der Waals surface area contributed by atoms with Crippen molar-refractivity contribution in [3.8, 4) is 6.07 Å². The number of methoxy groups -OCH3 is 1. The first-order valence-corrected chi connectivity index (χ1v) is 6.02. The van der Waals surface area contributed by atoms with E-state index in [1.165, 1.54) is 12.0 Å². The first-order chi connectivity index (χ1) is 9.06. The molecule has 1 unspecified atom stereocenters. The number of hydrogen-bond acceptors (Lipinski definition) is 4. The SMILES string of the molecule is COC(=O)C1CC(=O)N(c2ccc(Cl)c(C#N)c2)C1. The number of amides is 1. The second-order valence-corrected chi connectivity index (χ2v) is 4.61. The molecule has 19 heavy (non-hydrogen) atoms. The molecule has 5 nitrogen and oxygen atoms in total. The van der Waals surface area contributed by atoms with Gasteiger partial charge in [0.25, 0.3) is 0 Å². The molecule has 98 valence electrons. The average molecular weight is 279 g/mol. The largest absolute Gasteiger partial charge is 0.469 e. The lowest BCUT2D eigenvalue weighted by atomic mass is 10.1. The van der Waals surface area contributed by atoms with Crippen molar-refractivity contribution in [3.63, 3.8) is 0 Å². The van der Waals surface area contributed by atoms with Crippen LogP contribution in [-0.2, 0) is 14.3 Å². The van der Waals surface area contributed by atoms with E-state index in [1.807, 2.05) is 6.07 Å². The summed E-state index contributed by atoms with van der Waals surface area (Å²) in [5, 5.41) is 9.25. The molecular weight excluding hydrogens is 268 g/mol. The van der Waals surface area contributed by atoms with E-state index in [9.17, 15) is 9.59 Å². The molecule has 0 radical (unpaired) electrons. The van der Waals surface area contributed by atoms with Gasteiger partial charge >= 0.3 is 5.97 Å². The van der Waals surface area contributed by atoms with Gasteiger partial charge in [0, 0.05) is 18.7 Å². The van der Waals surface area contributed by atoms with Crippen molar-refractivity contribution in [1.29, 1.82) is 5.26 Å². The van der Waals surface area contributed by atoms with Crippen LogP contribution in [0.2, 0.25) is 5.02 Å². The molecule has 0 saturated carbocycles. The van der Waals surface area contributed by atoms with Crippen molar-refractivity contribution in [2.45, 2.75) is 6.42 Å². The Hall–Kier alpha value is -2.06. The number of benzene rings is 1. The van der Waals surface area contributed by atoms with Crippen LogP contribution in [0.5, 0.6) is 0 Å². The summed E-state index contributed by atoms with van der Waals surface area (Å²) in [4.78, 5) is 24.8. The lowest BCUT2D eigenvalue weighted by Gasteiger charge is -2.16. The van der Waals surface area contributed by atoms with Crippen LogP contribution in [0.3, 0.4) is 0 Å². The van der Waals surface area contributed by atoms with Crippen molar-refractivity contribution in [2.75, 3.05) is 18.6 Å². The Labute approximate surface area is 115 Å². The van der Waals surface area contributed by atoms with E-state index in [-0.39, 0.29) is 18.9 Å². The number of nitriles is 1. The summed E-state index contributed by atoms with van der Waals surface area (Å²) < 4.78 is 4.64. The standard InChI is InChI=1S/C13H11ClN2O3/c1-19-13(18)9-5-12(17)16(7-9)10-2-3-11(14)8(4-10)6-15/h2-4,9H,5,7H2,1H3. The van der Waals surface area contributed by atoms with Gasteiger partial charge in [-0.3, -0.25) is 9.59 Å². The van der Waals surface area contributed by atoms with E-state index < -0.39 is 11.9 Å². The number of anilines is 1. The summed E-state index contributed by atoms with van der Waals surface area (Å²) in [6.07, 6.45) is 0.122. The third kappa shape index (κ3) is 2.54. The monoisotopic (exact) mass is 278 g/mol. The Morgan fingerprint density at radius 1 is 1.58 bits per heavy atom. The quantitative estimate of drug-likeness (QED) is 0.773. The van der Waals surface area contributed by atoms with E-state index in [2.05, 4.69) is 4.74 Å². The molecule has 1 atom stereocenters. The lowest BCUT2D eigenvalue weighted by Crippen LogP contribution is -2.26. The van der Waals surface area contributed by atoms with E-state index in [4.69, 9.17) is 16.9 Å². The number of ether oxygens (including phenoxy) is 1. The number of halogens is 1. The highest BCUT2D eigenvalue weighted by atomic mass is 35.5. The minimum absolute atomic E-state index is 0.122. The van der Waals surface area contributed by atoms with E-state index >= 15 is 0 Å². The predicted octanol–water partition coefficient (Wildman–Crippen LogP) is 1.74. The minimum Gasteiger partial charge on any atom is -0.469 e. The first-order valence-electron chi connectivity index (χ1n) is 5.64. The Morgan fingerprint density at radius 3 is 2.95 bits per heavy atom. The van der Waals surface area contributed by atoms with Crippen LogP contribution in [0.1, 0.15) is 12.0 Å². The average Bonchev–Trinajstić information content (AvgIpc) is 2.80. The van der Waals surface area contributed by atoms with Gasteiger partial charge in [-0.05, 0) is 18.2 Å². The van der Waals surface area contributed by atoms with Gasteiger partial charge in [-0.1, -0.05) is 11.6 Å². The van der Waals surface area contributed by atoms with Gasteiger partial charge < -0.3 is 9.64 Å². The van der Waals surface area contributed by atoms with Gasteiger partial charge in [-0.2, -0.15) is 5.26 Å². The number of esters is 1. The van der Waals surface area contributed by atoms with Crippen molar-refractivity contribution >= 4 is 29.2 Å². The summed E-state index contributed by atoms with van der Waals surface area (Å²) in [7, 11) is 1.30. The van der Waals surface area contributed by atoms with Gasteiger partial charge in [0.15, 0.2) is 0 Å². The third-order valence-corrected chi connectivity index (χ3v) is 3.37. The highest BCUT2D eigenvalue weighted by molar-refractivity contribution is 6.31. The molecule has 1 aromatic carbocycles. The predicted molar refractivity (Wildman–Crippen MR) is 68.6 cm³/mol. The fourth-order valence-corrected chi connectivity index (χ4v) is 2.21. The van der Waals surface area contributed by atoms with Crippen LogP contribution in [0, 0.1) is 17.2 Å². The Balaban J connectivity index is 2.26. The van der Waals surface area contributed by atoms with Crippen molar-refractivity contribution in [2.24, 2.45) is 5.92 Å². The Bertz CT molecular complexity index is 580. The van der Waals surface area contributed by atoms with Gasteiger partial charge in [-0.25, -0.2) is 0 Å². The van der Waals surface area contributed by atoms with Crippen LogP contribution >= 0.6 is 11.6 Å². The van der Waals surface area contributed by atoms with Gasteiger partial charge in [0.1, 0.15) is 6.07 Å². The second-order valence-electron chi connectivity index (χ2n) is 4.20. The van der Waals surface area contributed by atoms with E-state index in [0.29, 0.717) is 16.3 Å². The molecule has 1 heterocycles. The third-order valence-electron chi connectivity index (χ3n) is 3.04. The minimum atomic E-state index is -0.460. The van der Waals surface area contributed by atoms with E-state index in [1.54, 1.807) is 18.2 Å². The normalized spacial score (nSPS) is 18.3. The highest BCUT2D eigenvalue weighted by Gasteiger charge is 2.35. The molecule has 6 heteroatoms. The Kier molecular flexibility index (Phi) is 3.72. The highest BCUT2D eigenvalue weighted by Crippen LogP contribution is 2.28. The van der Waals surface area contributed by atoms with Gasteiger partial charge in [0.05, 0.1) is 23.6 Å². The molecule has 0 aliphatic carbocycles. The Morgan fingerprint density at radius 2 is 2.32 bits per heavy atom. The molecule has 0 aromatic heterocycles. The number of nitrogens with zero attached hydrogens (tertiary/aromatic N) is 2. The summed E-state index contributed by atoms with van der Waals surface area (Å²) >= 11 is 5.84. The van der Waals surface area contributed by atoms with Crippen LogP contribution in [-0.4, -0.2) is 25.5 Å². The fourth-order valence-electron chi connectivity index (χ4n) is 2.05.